The minimum atomic E-state index is -1.78. The van der Waals surface area contributed by atoms with E-state index in [0.29, 0.717) is 0 Å². The Kier molecular flexibility index (Phi) is 11.0. The predicted octanol–water partition coefficient (Wildman–Crippen LogP) is -6.55. The Morgan fingerprint density at radius 2 is 0.739 bits per heavy atom. The average molecular weight is 345 g/mol. The van der Waals surface area contributed by atoms with Crippen molar-refractivity contribution < 1.29 is 51.1 Å². The maximum absolute atomic E-state index is 9.59. The topological polar surface area (TPSA) is 214 Å². The smallest absolute Gasteiger partial charge is 0.111 e. The third kappa shape index (κ3) is 7.32. The van der Waals surface area contributed by atoms with Gasteiger partial charge in [-0.1, -0.05) is 0 Å². The molecule has 11 nitrogen and oxygen atoms in total. The standard InChI is InChI=1S/C12H27NO10/c14-3-7(18)11(22)9(20)5(16)1-13-2-6(17)10(21)12(23)8(19)4-15/h5-23H,1-4H2/t5-,6-,7+,8+,9-,10+,11-,12+/m0/s1. The highest BCUT2D eigenvalue weighted by molar-refractivity contribution is 4.84. The summed E-state index contributed by atoms with van der Waals surface area (Å²) in [5, 5.41) is 95.0. The van der Waals surface area contributed by atoms with E-state index in [1.165, 1.54) is 0 Å². The molecule has 0 aromatic carbocycles. The van der Waals surface area contributed by atoms with Crippen LogP contribution in [0.1, 0.15) is 0 Å². The lowest BCUT2D eigenvalue weighted by Crippen LogP contribution is -2.52. The zero-order valence-electron chi connectivity index (χ0n) is 12.4. The van der Waals surface area contributed by atoms with Crippen molar-refractivity contribution >= 4 is 0 Å². The second kappa shape index (κ2) is 11.2. The lowest BCUT2D eigenvalue weighted by atomic mass is 10.0. The molecule has 11 N–H and O–H groups in total. The van der Waals surface area contributed by atoms with Crippen LogP contribution in [0.5, 0.6) is 0 Å². The summed E-state index contributed by atoms with van der Waals surface area (Å²) in [7, 11) is 0. The predicted molar refractivity (Wildman–Crippen MR) is 75.1 cm³/mol. The quantitative estimate of drug-likeness (QED) is 0.160. The Hall–Kier alpha value is -0.440. The van der Waals surface area contributed by atoms with Crippen LogP contribution >= 0.6 is 0 Å². The van der Waals surface area contributed by atoms with E-state index in [0.717, 1.165) is 0 Å². The van der Waals surface area contributed by atoms with Crippen molar-refractivity contribution in [1.29, 1.82) is 0 Å². The molecule has 140 valence electrons. The fourth-order valence-corrected chi connectivity index (χ4v) is 1.75. The highest BCUT2D eigenvalue weighted by Gasteiger charge is 2.31. The Morgan fingerprint density at radius 1 is 0.478 bits per heavy atom. The SMILES string of the molecule is OC[C@@H](O)[C@H](O)[C@@H](O)[C@@H](O)CNC[C@H](O)[C@@H](O)[C@H](O)[C@H](O)CO. The molecule has 0 radical (unpaired) electrons. The molecule has 0 aliphatic heterocycles. The van der Waals surface area contributed by atoms with Gasteiger partial charge in [0.05, 0.1) is 25.4 Å². The van der Waals surface area contributed by atoms with Crippen molar-refractivity contribution in [3.05, 3.63) is 0 Å². The normalized spacial score (nSPS) is 22.7. The Bertz CT molecular complexity index is 282. The third-order valence-corrected chi connectivity index (χ3v) is 3.36. The van der Waals surface area contributed by atoms with Gasteiger partial charge in [0.2, 0.25) is 0 Å². The van der Waals surface area contributed by atoms with Crippen molar-refractivity contribution in [3.63, 3.8) is 0 Å². The van der Waals surface area contributed by atoms with Crippen LogP contribution in [-0.2, 0) is 0 Å². The molecular weight excluding hydrogens is 318 g/mol. The van der Waals surface area contributed by atoms with Crippen LogP contribution in [0.3, 0.4) is 0 Å². The van der Waals surface area contributed by atoms with Gasteiger partial charge in [-0.3, -0.25) is 0 Å². The van der Waals surface area contributed by atoms with Gasteiger partial charge in [-0.2, -0.15) is 0 Å². The molecule has 0 rings (SSSR count). The van der Waals surface area contributed by atoms with E-state index in [9.17, 15) is 30.6 Å². The van der Waals surface area contributed by atoms with E-state index in [-0.39, 0.29) is 13.1 Å². The maximum atomic E-state index is 9.59. The summed E-state index contributed by atoms with van der Waals surface area (Å²) in [6, 6.07) is 0. The molecule has 0 fully saturated rings. The highest BCUT2D eigenvalue weighted by Crippen LogP contribution is 2.06. The molecular formula is C12H27NO10. The number of aliphatic hydroxyl groups excluding tert-OH is 10. The lowest BCUT2D eigenvalue weighted by molar-refractivity contribution is -0.119. The zero-order chi connectivity index (χ0) is 18.2. The largest absolute Gasteiger partial charge is 0.394 e. The van der Waals surface area contributed by atoms with Crippen LogP contribution in [0, 0.1) is 0 Å². The third-order valence-electron chi connectivity index (χ3n) is 3.36. The Labute approximate surface area is 132 Å². The van der Waals surface area contributed by atoms with Crippen molar-refractivity contribution in [1.82, 2.24) is 5.32 Å². The molecule has 0 aliphatic rings. The van der Waals surface area contributed by atoms with Gasteiger partial charge in [0.15, 0.2) is 0 Å². The fraction of sp³-hybridized carbons (Fsp3) is 1.00. The van der Waals surface area contributed by atoms with Crippen LogP contribution < -0.4 is 5.32 Å². The molecule has 0 unspecified atom stereocenters. The first-order valence-electron chi connectivity index (χ1n) is 7.04. The van der Waals surface area contributed by atoms with Gasteiger partial charge in [0.25, 0.3) is 0 Å². The zero-order valence-corrected chi connectivity index (χ0v) is 12.4. The van der Waals surface area contributed by atoms with E-state index >= 15 is 0 Å². The first-order valence-corrected chi connectivity index (χ1v) is 7.04. The van der Waals surface area contributed by atoms with E-state index < -0.39 is 62.0 Å². The molecule has 8 atom stereocenters. The molecule has 0 heterocycles. The summed E-state index contributed by atoms with van der Waals surface area (Å²) in [6.07, 6.45) is -13.5. The number of hydrogen-bond donors (Lipinski definition) is 11. The highest BCUT2D eigenvalue weighted by atomic mass is 16.4. The minimum absolute atomic E-state index is 0.348. The van der Waals surface area contributed by atoms with Crippen molar-refractivity contribution in [2.45, 2.75) is 48.8 Å². The van der Waals surface area contributed by atoms with E-state index in [1.54, 1.807) is 0 Å². The summed E-state index contributed by atoms with van der Waals surface area (Å²) in [5.74, 6) is 0. The molecule has 0 aliphatic carbocycles. The number of aliphatic hydroxyl groups is 10. The second-order valence-corrected chi connectivity index (χ2v) is 5.26. The van der Waals surface area contributed by atoms with E-state index in [2.05, 4.69) is 5.32 Å². The number of hydrogen-bond acceptors (Lipinski definition) is 11. The van der Waals surface area contributed by atoms with Gasteiger partial charge in [-0.25, -0.2) is 0 Å². The summed E-state index contributed by atoms with van der Waals surface area (Å²) < 4.78 is 0. The molecule has 0 saturated heterocycles. The Morgan fingerprint density at radius 3 is 1.00 bits per heavy atom. The van der Waals surface area contributed by atoms with Gasteiger partial charge < -0.3 is 56.4 Å². The molecule has 0 bridgehead atoms. The van der Waals surface area contributed by atoms with Crippen LogP contribution in [-0.4, -0.2) is 126 Å². The summed E-state index contributed by atoms with van der Waals surface area (Å²) in [6.45, 7) is -2.32. The summed E-state index contributed by atoms with van der Waals surface area (Å²) >= 11 is 0. The Balaban J connectivity index is 4.22. The minimum Gasteiger partial charge on any atom is -0.394 e. The van der Waals surface area contributed by atoms with Crippen LogP contribution in [0.15, 0.2) is 0 Å². The lowest BCUT2D eigenvalue weighted by Gasteiger charge is -2.28. The van der Waals surface area contributed by atoms with Gasteiger partial charge >= 0.3 is 0 Å². The van der Waals surface area contributed by atoms with Crippen LogP contribution in [0.25, 0.3) is 0 Å². The molecule has 0 aromatic heterocycles. The second-order valence-electron chi connectivity index (χ2n) is 5.26. The van der Waals surface area contributed by atoms with Crippen molar-refractivity contribution in [2.24, 2.45) is 0 Å². The molecule has 11 heteroatoms. The molecule has 0 spiro atoms. The first kappa shape index (κ1) is 22.6. The van der Waals surface area contributed by atoms with Crippen LogP contribution in [0.4, 0.5) is 0 Å². The maximum Gasteiger partial charge on any atom is 0.111 e. The average Bonchev–Trinajstić information content (AvgIpc) is 2.56. The van der Waals surface area contributed by atoms with Gasteiger partial charge in [-0.05, 0) is 0 Å². The van der Waals surface area contributed by atoms with Gasteiger partial charge in [0.1, 0.15) is 36.6 Å². The fourth-order valence-electron chi connectivity index (χ4n) is 1.75. The van der Waals surface area contributed by atoms with E-state index in [4.69, 9.17) is 20.4 Å². The first-order chi connectivity index (χ1) is 10.7. The van der Waals surface area contributed by atoms with Crippen LogP contribution in [0.2, 0.25) is 0 Å². The molecule has 0 saturated carbocycles. The van der Waals surface area contributed by atoms with Gasteiger partial charge in [0, 0.05) is 13.1 Å². The summed E-state index contributed by atoms with van der Waals surface area (Å²) in [4.78, 5) is 0. The monoisotopic (exact) mass is 345 g/mol. The summed E-state index contributed by atoms with van der Waals surface area (Å²) in [5.41, 5.74) is 0. The van der Waals surface area contributed by atoms with E-state index in [1.807, 2.05) is 0 Å². The van der Waals surface area contributed by atoms with Crippen molar-refractivity contribution in [3.8, 4) is 0 Å². The molecule has 0 amide bonds. The molecule has 0 aromatic rings. The number of nitrogens with one attached hydrogen (secondary N) is 1. The molecule has 23 heavy (non-hydrogen) atoms. The number of rotatable bonds is 12. The van der Waals surface area contributed by atoms with Gasteiger partial charge in [-0.15, -0.1) is 0 Å². The van der Waals surface area contributed by atoms with Crippen molar-refractivity contribution in [2.75, 3.05) is 26.3 Å².